The van der Waals surface area contributed by atoms with Gasteiger partial charge in [0.1, 0.15) is 17.7 Å². The first-order chi connectivity index (χ1) is 18.0. The number of hydrogen-bond acceptors (Lipinski definition) is 10. The van der Waals surface area contributed by atoms with Gasteiger partial charge in [0.2, 0.25) is 11.8 Å². The number of pyridine rings is 2. The van der Waals surface area contributed by atoms with Crippen LogP contribution in [0.1, 0.15) is 23.9 Å². The van der Waals surface area contributed by atoms with Gasteiger partial charge in [-0.2, -0.15) is 27.9 Å². The molecule has 0 spiro atoms. The minimum absolute atomic E-state index is 0.0823. The van der Waals surface area contributed by atoms with Gasteiger partial charge in [-0.3, -0.25) is 4.57 Å². The zero-order chi connectivity index (χ0) is 27.8. The zero-order valence-corrected chi connectivity index (χ0v) is 20.5. The summed E-state index contributed by atoms with van der Waals surface area (Å²) in [5, 5.41) is 20.1. The normalized spacial score (nSPS) is 11.7. The lowest BCUT2D eigenvalue weighted by Gasteiger charge is -2.16. The van der Waals surface area contributed by atoms with Gasteiger partial charge in [-0.25, -0.2) is 14.2 Å². The van der Waals surface area contributed by atoms with E-state index in [2.05, 4.69) is 25.3 Å². The van der Waals surface area contributed by atoms with Crippen molar-refractivity contribution < 1.29 is 36.9 Å². The highest BCUT2D eigenvalue weighted by molar-refractivity contribution is 5.92. The number of fused-ring (bicyclic) bond motifs is 1. The number of rotatable bonds is 8. The Morgan fingerprint density at radius 2 is 1.87 bits per heavy atom. The van der Waals surface area contributed by atoms with Crippen molar-refractivity contribution >= 4 is 10.8 Å². The summed E-state index contributed by atoms with van der Waals surface area (Å²) in [4.78, 5) is 20.8. The van der Waals surface area contributed by atoms with Crippen molar-refractivity contribution in [2.24, 2.45) is 0 Å². The lowest BCUT2D eigenvalue weighted by molar-refractivity contribution is -0.153. The molecule has 0 aromatic carbocycles. The van der Waals surface area contributed by atoms with E-state index in [9.17, 15) is 23.1 Å². The van der Waals surface area contributed by atoms with Crippen LogP contribution in [0, 0.1) is 19.7 Å². The van der Waals surface area contributed by atoms with Gasteiger partial charge in [0.25, 0.3) is 5.88 Å². The lowest BCUT2D eigenvalue weighted by Crippen LogP contribution is -2.26. The van der Waals surface area contributed by atoms with Crippen LogP contribution in [0.4, 0.5) is 17.6 Å². The smallest absolute Gasteiger partial charge is 0.422 e. The maximum absolute atomic E-state index is 15.8. The molecule has 12 nitrogen and oxygen atoms in total. The van der Waals surface area contributed by atoms with Crippen LogP contribution < -0.4 is 19.9 Å². The monoisotopic (exact) mass is 539 g/mol. The van der Waals surface area contributed by atoms with Crippen molar-refractivity contribution in [1.29, 1.82) is 0 Å². The Balaban J connectivity index is 1.98. The van der Waals surface area contributed by atoms with Crippen LogP contribution in [-0.2, 0) is 13.2 Å². The van der Waals surface area contributed by atoms with Gasteiger partial charge in [0.05, 0.1) is 24.3 Å². The summed E-state index contributed by atoms with van der Waals surface area (Å²) in [6.07, 6.45) is -2.42. The third-order valence-electron chi connectivity index (χ3n) is 5.43. The number of methoxy groups -OCH3 is 1. The van der Waals surface area contributed by atoms with E-state index in [4.69, 9.17) is 14.2 Å². The molecule has 38 heavy (non-hydrogen) atoms. The summed E-state index contributed by atoms with van der Waals surface area (Å²) >= 11 is 0. The molecule has 0 unspecified atom stereocenters. The van der Waals surface area contributed by atoms with Crippen molar-refractivity contribution in [3.05, 3.63) is 45.6 Å². The fourth-order valence-electron chi connectivity index (χ4n) is 3.70. The Hall–Kier alpha value is -4.34. The van der Waals surface area contributed by atoms with E-state index >= 15 is 4.39 Å². The van der Waals surface area contributed by atoms with E-state index in [-0.39, 0.29) is 29.4 Å². The van der Waals surface area contributed by atoms with E-state index in [1.165, 1.54) is 13.3 Å². The Morgan fingerprint density at radius 3 is 2.47 bits per heavy atom. The van der Waals surface area contributed by atoms with E-state index in [0.29, 0.717) is 15.8 Å². The van der Waals surface area contributed by atoms with Gasteiger partial charge in [-0.05, 0) is 20.8 Å². The van der Waals surface area contributed by atoms with E-state index in [0.717, 1.165) is 10.8 Å². The SMILES string of the molecule is CCn1c(CO)nn(-c2nc(OCC(F)(F)F)c3c(Oc4c(C)cnc(OC)c4C)nncc3c2F)c1=O. The Morgan fingerprint density at radius 1 is 1.13 bits per heavy atom. The standard InChI is InChI=1S/C22H21F4N7O5/c1-5-32-13(8-34)31-33(21(32)35)17-15(23)12-7-28-30-20(14(12)19(29-17)37-9-22(24,25)26)38-16-10(2)6-27-18(36-4)11(16)3/h6-7,34H,5,8-9H2,1-4H3. The molecule has 0 radical (unpaired) electrons. The first-order valence-corrected chi connectivity index (χ1v) is 11.0. The van der Waals surface area contributed by atoms with E-state index in [1.807, 2.05) is 0 Å². The summed E-state index contributed by atoms with van der Waals surface area (Å²) in [5.41, 5.74) is 0.0677. The molecule has 0 saturated heterocycles. The minimum atomic E-state index is -4.78. The van der Waals surface area contributed by atoms with Crippen molar-refractivity contribution in [1.82, 2.24) is 34.5 Å². The molecule has 4 aromatic heterocycles. The third-order valence-corrected chi connectivity index (χ3v) is 5.43. The second kappa shape index (κ2) is 10.2. The topological polar surface area (TPSA) is 139 Å². The number of halogens is 4. The second-order valence-corrected chi connectivity index (χ2v) is 7.92. The molecule has 0 aliphatic carbocycles. The molecule has 0 fully saturated rings. The lowest BCUT2D eigenvalue weighted by atomic mass is 10.2. The molecule has 0 aliphatic rings. The molecule has 202 valence electrons. The van der Waals surface area contributed by atoms with E-state index < -0.39 is 53.9 Å². The highest BCUT2D eigenvalue weighted by Crippen LogP contribution is 2.39. The summed E-state index contributed by atoms with van der Waals surface area (Å²) < 4.78 is 72.6. The van der Waals surface area contributed by atoms with Gasteiger partial charge < -0.3 is 19.3 Å². The van der Waals surface area contributed by atoms with Gasteiger partial charge >= 0.3 is 11.9 Å². The number of alkyl halides is 3. The van der Waals surface area contributed by atoms with Crippen LogP contribution in [0.5, 0.6) is 23.4 Å². The van der Waals surface area contributed by atoms with Gasteiger partial charge in [-0.15, -0.1) is 10.2 Å². The molecule has 0 atom stereocenters. The second-order valence-electron chi connectivity index (χ2n) is 7.92. The molecular formula is C22H21F4N7O5. The molecule has 0 amide bonds. The summed E-state index contributed by atoms with van der Waals surface area (Å²) in [6.45, 7) is 2.51. The predicted octanol–water partition coefficient (Wildman–Crippen LogP) is 2.78. The summed E-state index contributed by atoms with van der Waals surface area (Å²) in [7, 11) is 1.39. The molecule has 0 saturated carbocycles. The number of nitrogens with zero attached hydrogens (tertiary/aromatic N) is 7. The van der Waals surface area contributed by atoms with Crippen LogP contribution in [0.25, 0.3) is 16.6 Å². The highest BCUT2D eigenvalue weighted by atomic mass is 19.4. The van der Waals surface area contributed by atoms with Gasteiger partial charge in [-0.1, -0.05) is 0 Å². The van der Waals surface area contributed by atoms with Crippen LogP contribution in [0.15, 0.2) is 17.2 Å². The number of aliphatic hydroxyl groups is 1. The molecule has 1 N–H and O–H groups in total. The average molecular weight is 539 g/mol. The maximum atomic E-state index is 15.8. The molecule has 16 heteroatoms. The first kappa shape index (κ1) is 26.7. The van der Waals surface area contributed by atoms with Gasteiger partial charge in [0.15, 0.2) is 24.1 Å². The minimum Gasteiger partial charge on any atom is -0.481 e. The molecule has 0 bridgehead atoms. The Bertz CT molecular complexity index is 1570. The summed E-state index contributed by atoms with van der Waals surface area (Å²) in [6, 6.07) is 0. The molecule has 4 aromatic rings. The Kier molecular flexibility index (Phi) is 7.17. The quantitative estimate of drug-likeness (QED) is 0.333. The van der Waals surface area contributed by atoms with Crippen molar-refractivity contribution in [2.75, 3.05) is 13.7 Å². The summed E-state index contributed by atoms with van der Waals surface area (Å²) in [5.74, 6) is -2.78. The first-order valence-electron chi connectivity index (χ1n) is 11.0. The van der Waals surface area contributed by atoms with Crippen molar-refractivity contribution in [3.8, 4) is 29.2 Å². The number of hydrogen-bond donors (Lipinski definition) is 1. The fraction of sp³-hybridized carbons (Fsp3) is 0.364. The molecule has 0 aliphatic heterocycles. The molecule has 4 heterocycles. The Labute approximate surface area is 211 Å². The van der Waals surface area contributed by atoms with Gasteiger partial charge in [0, 0.05) is 18.3 Å². The predicted molar refractivity (Wildman–Crippen MR) is 122 cm³/mol. The van der Waals surface area contributed by atoms with Crippen LogP contribution in [-0.4, -0.2) is 59.5 Å². The number of ether oxygens (including phenoxy) is 3. The number of aliphatic hydroxyl groups excluding tert-OH is 1. The maximum Gasteiger partial charge on any atom is 0.422 e. The molecular weight excluding hydrogens is 518 g/mol. The molecule has 4 rings (SSSR count). The van der Waals surface area contributed by atoms with Crippen molar-refractivity contribution in [3.63, 3.8) is 0 Å². The van der Waals surface area contributed by atoms with Crippen LogP contribution >= 0.6 is 0 Å². The van der Waals surface area contributed by atoms with E-state index in [1.54, 1.807) is 20.8 Å². The highest BCUT2D eigenvalue weighted by Gasteiger charge is 2.31. The number of aromatic nitrogens is 7. The zero-order valence-electron chi connectivity index (χ0n) is 20.5. The fourth-order valence-corrected chi connectivity index (χ4v) is 3.70. The average Bonchev–Trinajstić information content (AvgIpc) is 3.20. The third kappa shape index (κ3) is 4.81. The number of aryl methyl sites for hydroxylation is 1. The largest absolute Gasteiger partial charge is 0.481 e. The van der Waals surface area contributed by atoms with Crippen molar-refractivity contribution in [2.45, 2.75) is 40.1 Å². The van der Waals surface area contributed by atoms with Crippen LogP contribution in [0.3, 0.4) is 0 Å². The van der Waals surface area contributed by atoms with Crippen LogP contribution in [0.2, 0.25) is 0 Å².